The summed E-state index contributed by atoms with van der Waals surface area (Å²) in [6.07, 6.45) is 2.67. The van der Waals surface area contributed by atoms with Gasteiger partial charge in [0.25, 0.3) is 0 Å². The molecule has 1 aromatic heterocycles. The van der Waals surface area contributed by atoms with Crippen LogP contribution in [0.5, 0.6) is 0 Å². The van der Waals surface area contributed by atoms with Crippen LogP contribution in [-0.2, 0) is 6.54 Å². The van der Waals surface area contributed by atoms with Gasteiger partial charge in [-0.2, -0.15) is 0 Å². The average Bonchev–Trinajstić information content (AvgIpc) is 2.60. The largest absolute Gasteiger partial charge is 0.324 e. The summed E-state index contributed by atoms with van der Waals surface area (Å²) in [6, 6.07) is 10.0. The molecule has 2 aromatic rings. The van der Waals surface area contributed by atoms with Crippen LogP contribution in [0.1, 0.15) is 21.9 Å². The number of aldehydes is 1. The molecule has 0 aliphatic heterocycles. The first kappa shape index (κ1) is 9.65. The van der Waals surface area contributed by atoms with Gasteiger partial charge in [0.15, 0.2) is 12.1 Å². The fourth-order valence-corrected chi connectivity index (χ4v) is 1.57. The fourth-order valence-electron chi connectivity index (χ4n) is 1.57. The number of imidazole rings is 1. The summed E-state index contributed by atoms with van der Waals surface area (Å²) in [7, 11) is 0. The predicted molar refractivity (Wildman–Crippen MR) is 57.9 cm³/mol. The Kier molecular flexibility index (Phi) is 2.63. The second-order valence-corrected chi connectivity index (χ2v) is 3.47. The van der Waals surface area contributed by atoms with Crippen LogP contribution in [0.4, 0.5) is 0 Å². The number of carbonyl (C=O) groups excluding carboxylic acids is 1. The molecule has 76 valence electrons. The molecule has 0 spiro atoms. The number of benzene rings is 1. The quantitative estimate of drug-likeness (QED) is 0.711. The standard InChI is InChI=1S/C12H12N2O/c1-10-7-14(12(9-15)13-10)8-11-5-3-2-4-6-11/h2-7,9H,8H2,1H3. The Labute approximate surface area is 88.4 Å². The lowest BCUT2D eigenvalue weighted by atomic mass is 10.2. The van der Waals surface area contributed by atoms with Crippen molar-refractivity contribution in [1.29, 1.82) is 0 Å². The van der Waals surface area contributed by atoms with Gasteiger partial charge in [-0.25, -0.2) is 4.98 Å². The molecule has 0 amide bonds. The summed E-state index contributed by atoms with van der Waals surface area (Å²) in [6.45, 7) is 2.57. The van der Waals surface area contributed by atoms with Gasteiger partial charge < -0.3 is 4.57 Å². The van der Waals surface area contributed by atoms with Gasteiger partial charge in [0.2, 0.25) is 0 Å². The molecule has 2 rings (SSSR count). The molecule has 0 bridgehead atoms. The highest BCUT2D eigenvalue weighted by atomic mass is 16.1. The normalized spacial score (nSPS) is 10.2. The first-order valence-corrected chi connectivity index (χ1v) is 4.82. The molecule has 0 unspecified atom stereocenters. The smallest absolute Gasteiger partial charge is 0.185 e. The zero-order chi connectivity index (χ0) is 10.7. The molecule has 0 N–H and O–H groups in total. The summed E-state index contributed by atoms with van der Waals surface area (Å²) in [5, 5.41) is 0. The van der Waals surface area contributed by atoms with Crippen LogP contribution in [0.15, 0.2) is 36.5 Å². The second kappa shape index (κ2) is 4.09. The third kappa shape index (κ3) is 2.13. The minimum absolute atomic E-state index is 0.483. The number of nitrogens with zero attached hydrogens (tertiary/aromatic N) is 2. The van der Waals surface area contributed by atoms with E-state index in [1.54, 1.807) is 0 Å². The Bertz CT molecular complexity index is 460. The van der Waals surface area contributed by atoms with Gasteiger partial charge in [-0.1, -0.05) is 30.3 Å². The Balaban J connectivity index is 2.28. The fraction of sp³-hybridized carbons (Fsp3) is 0.167. The van der Waals surface area contributed by atoms with E-state index in [1.807, 2.05) is 48.0 Å². The maximum absolute atomic E-state index is 10.7. The Morgan fingerprint density at radius 1 is 1.33 bits per heavy atom. The van der Waals surface area contributed by atoms with Crippen LogP contribution < -0.4 is 0 Å². The number of rotatable bonds is 3. The molecule has 0 saturated carbocycles. The average molecular weight is 200 g/mol. The van der Waals surface area contributed by atoms with E-state index in [-0.39, 0.29) is 0 Å². The minimum Gasteiger partial charge on any atom is -0.324 e. The molecule has 0 aliphatic carbocycles. The number of hydrogen-bond donors (Lipinski definition) is 0. The monoisotopic (exact) mass is 200 g/mol. The summed E-state index contributed by atoms with van der Waals surface area (Å²) in [5.41, 5.74) is 2.03. The maximum Gasteiger partial charge on any atom is 0.185 e. The lowest BCUT2D eigenvalue weighted by Gasteiger charge is -2.03. The van der Waals surface area contributed by atoms with Crippen molar-refractivity contribution in [1.82, 2.24) is 9.55 Å². The number of aromatic nitrogens is 2. The van der Waals surface area contributed by atoms with Crippen molar-refractivity contribution >= 4 is 6.29 Å². The van der Waals surface area contributed by atoms with Gasteiger partial charge in [-0.15, -0.1) is 0 Å². The van der Waals surface area contributed by atoms with Crippen LogP contribution in [0, 0.1) is 6.92 Å². The van der Waals surface area contributed by atoms with E-state index in [1.165, 1.54) is 0 Å². The molecule has 3 heteroatoms. The van der Waals surface area contributed by atoms with Crippen LogP contribution in [0.25, 0.3) is 0 Å². The number of aryl methyl sites for hydroxylation is 1. The van der Waals surface area contributed by atoms with Gasteiger partial charge in [0.1, 0.15) is 0 Å². The third-order valence-corrected chi connectivity index (χ3v) is 2.23. The van der Waals surface area contributed by atoms with E-state index >= 15 is 0 Å². The van der Waals surface area contributed by atoms with E-state index in [0.29, 0.717) is 12.4 Å². The van der Waals surface area contributed by atoms with Gasteiger partial charge in [-0.05, 0) is 12.5 Å². The molecule has 1 heterocycles. The van der Waals surface area contributed by atoms with Crippen LogP contribution in [0.2, 0.25) is 0 Å². The SMILES string of the molecule is Cc1cn(Cc2ccccc2)c(C=O)n1. The number of hydrogen-bond acceptors (Lipinski definition) is 2. The summed E-state index contributed by atoms with van der Waals surface area (Å²) >= 11 is 0. The van der Waals surface area contributed by atoms with Crippen molar-refractivity contribution in [3.05, 3.63) is 53.6 Å². The van der Waals surface area contributed by atoms with Crippen LogP contribution >= 0.6 is 0 Å². The molecule has 0 radical (unpaired) electrons. The number of carbonyl (C=O) groups is 1. The van der Waals surface area contributed by atoms with Gasteiger partial charge in [0.05, 0.1) is 5.69 Å². The lowest BCUT2D eigenvalue weighted by molar-refractivity contribution is 0.111. The van der Waals surface area contributed by atoms with Gasteiger partial charge >= 0.3 is 0 Å². The molecular formula is C12H12N2O. The highest BCUT2D eigenvalue weighted by Crippen LogP contribution is 2.06. The van der Waals surface area contributed by atoms with Crippen molar-refractivity contribution in [2.24, 2.45) is 0 Å². The van der Waals surface area contributed by atoms with E-state index in [9.17, 15) is 4.79 Å². The minimum atomic E-state index is 0.483. The molecule has 15 heavy (non-hydrogen) atoms. The van der Waals surface area contributed by atoms with Gasteiger partial charge in [0, 0.05) is 12.7 Å². The predicted octanol–water partition coefficient (Wildman–Crippen LogP) is 2.05. The van der Waals surface area contributed by atoms with Crippen LogP contribution in [-0.4, -0.2) is 15.8 Å². The third-order valence-electron chi connectivity index (χ3n) is 2.23. The Hall–Kier alpha value is -1.90. The zero-order valence-corrected chi connectivity index (χ0v) is 8.55. The van der Waals surface area contributed by atoms with Gasteiger partial charge in [-0.3, -0.25) is 4.79 Å². The van der Waals surface area contributed by atoms with Crippen molar-refractivity contribution in [3.8, 4) is 0 Å². The molecule has 0 atom stereocenters. The topological polar surface area (TPSA) is 34.9 Å². The van der Waals surface area contributed by atoms with E-state index in [4.69, 9.17) is 0 Å². The molecular weight excluding hydrogens is 188 g/mol. The molecule has 0 aliphatic rings. The highest BCUT2D eigenvalue weighted by Gasteiger charge is 2.04. The van der Waals surface area contributed by atoms with Crippen LogP contribution in [0.3, 0.4) is 0 Å². The maximum atomic E-state index is 10.7. The van der Waals surface area contributed by atoms with Crippen molar-refractivity contribution in [3.63, 3.8) is 0 Å². The van der Waals surface area contributed by atoms with E-state index in [0.717, 1.165) is 17.5 Å². The Morgan fingerprint density at radius 3 is 2.73 bits per heavy atom. The lowest BCUT2D eigenvalue weighted by Crippen LogP contribution is -2.02. The van der Waals surface area contributed by atoms with E-state index < -0.39 is 0 Å². The molecule has 0 fully saturated rings. The summed E-state index contributed by atoms with van der Waals surface area (Å²) in [5.74, 6) is 0.483. The zero-order valence-electron chi connectivity index (χ0n) is 8.55. The van der Waals surface area contributed by atoms with E-state index in [2.05, 4.69) is 4.98 Å². The first-order valence-electron chi connectivity index (χ1n) is 4.82. The molecule has 1 aromatic carbocycles. The van der Waals surface area contributed by atoms with Crippen molar-refractivity contribution < 1.29 is 4.79 Å². The second-order valence-electron chi connectivity index (χ2n) is 3.47. The Morgan fingerprint density at radius 2 is 2.07 bits per heavy atom. The summed E-state index contributed by atoms with van der Waals surface area (Å²) < 4.78 is 1.86. The molecule has 0 saturated heterocycles. The first-order chi connectivity index (χ1) is 7.29. The van der Waals surface area contributed by atoms with Crippen molar-refractivity contribution in [2.45, 2.75) is 13.5 Å². The van der Waals surface area contributed by atoms with Crippen molar-refractivity contribution in [2.75, 3.05) is 0 Å². The highest BCUT2D eigenvalue weighted by molar-refractivity contribution is 5.69. The summed E-state index contributed by atoms with van der Waals surface area (Å²) in [4.78, 5) is 14.9. The molecule has 3 nitrogen and oxygen atoms in total.